The molecule has 0 atom stereocenters. The summed E-state index contributed by atoms with van der Waals surface area (Å²) in [6.45, 7) is 34.1. The molecule has 0 saturated carbocycles. The van der Waals surface area contributed by atoms with Crippen LogP contribution < -0.4 is 16.0 Å². The minimum Gasteiger partial charge on any atom is -0.356 e. The summed E-state index contributed by atoms with van der Waals surface area (Å²) < 4.78 is 0. The zero-order valence-corrected chi connectivity index (χ0v) is 36.3. The molecule has 0 aliphatic heterocycles. The van der Waals surface area contributed by atoms with Crippen LogP contribution in [0.2, 0.25) is 0 Å². The van der Waals surface area contributed by atoms with Crippen LogP contribution in [0.5, 0.6) is 0 Å². The molecule has 6 heteroatoms. The van der Waals surface area contributed by atoms with E-state index in [0.717, 1.165) is 57.2 Å². The van der Waals surface area contributed by atoms with Crippen molar-refractivity contribution in [3.63, 3.8) is 0 Å². The average Bonchev–Trinajstić information content (AvgIpc) is 3.04. The van der Waals surface area contributed by atoms with Gasteiger partial charge in [-0.15, -0.1) is 0 Å². The zero-order valence-electron chi connectivity index (χ0n) is 36.3. The number of nitrogens with one attached hydrogen (secondary N) is 3. The Morgan fingerprint density at radius 2 is 0.612 bits per heavy atom. The van der Waals surface area contributed by atoms with Gasteiger partial charge in [0.05, 0.1) is 0 Å². The van der Waals surface area contributed by atoms with Crippen LogP contribution in [-0.4, -0.2) is 37.4 Å². The molecule has 0 unspecified atom stereocenters. The molecule has 0 saturated heterocycles. The maximum atomic E-state index is 11.1. The van der Waals surface area contributed by atoms with E-state index in [9.17, 15) is 14.4 Å². The quantitative estimate of drug-likeness (QED) is 0.0928. The summed E-state index contributed by atoms with van der Waals surface area (Å²) in [7, 11) is 0. The summed E-state index contributed by atoms with van der Waals surface area (Å²) in [6, 6.07) is 0. The number of carbonyl (C=O) groups excluding carboxylic acids is 3. The second-order valence-corrected chi connectivity index (χ2v) is 15.2. The Kier molecular flexibility index (Phi) is 53.8. The summed E-state index contributed by atoms with van der Waals surface area (Å²) in [4.78, 5) is 33.0. The molecule has 0 aromatic carbocycles. The first kappa shape index (κ1) is 56.8. The summed E-state index contributed by atoms with van der Waals surface area (Å²) in [5.74, 6) is 2.67. The zero-order chi connectivity index (χ0) is 38.9. The van der Waals surface area contributed by atoms with Crippen LogP contribution in [0.1, 0.15) is 213 Å². The summed E-state index contributed by atoms with van der Waals surface area (Å²) >= 11 is 0. The molecule has 298 valence electrons. The first-order valence-electron chi connectivity index (χ1n) is 20.9. The number of unbranched alkanes of at least 4 members (excludes halogenated alkanes) is 10. The highest BCUT2D eigenvalue weighted by atomic mass is 16.2. The molecule has 0 radical (unpaired) electrons. The number of hydrogen-bond donors (Lipinski definition) is 3. The van der Waals surface area contributed by atoms with Gasteiger partial charge in [-0.3, -0.25) is 14.4 Å². The smallest absolute Gasteiger partial charge is 0.222 e. The summed E-state index contributed by atoms with van der Waals surface area (Å²) in [5.41, 5.74) is 0. The molecule has 49 heavy (non-hydrogen) atoms. The van der Waals surface area contributed by atoms with Crippen molar-refractivity contribution in [2.45, 2.75) is 213 Å². The van der Waals surface area contributed by atoms with Crippen molar-refractivity contribution in [1.29, 1.82) is 0 Å². The van der Waals surface area contributed by atoms with Crippen LogP contribution in [-0.2, 0) is 14.4 Å². The fourth-order valence-electron chi connectivity index (χ4n) is 3.94. The first-order chi connectivity index (χ1) is 23.1. The van der Waals surface area contributed by atoms with Crippen LogP contribution >= 0.6 is 0 Å². The van der Waals surface area contributed by atoms with Crippen LogP contribution in [0.25, 0.3) is 0 Å². The van der Waals surface area contributed by atoms with Crippen molar-refractivity contribution in [1.82, 2.24) is 16.0 Å². The Hall–Kier alpha value is -1.59. The number of carbonyl (C=O) groups is 3. The fraction of sp³-hybridized carbons (Fsp3) is 0.930. The van der Waals surface area contributed by atoms with Gasteiger partial charge in [-0.05, 0) is 31.1 Å². The van der Waals surface area contributed by atoms with E-state index in [1.807, 2.05) is 41.5 Å². The van der Waals surface area contributed by atoms with Gasteiger partial charge in [0, 0.05) is 37.4 Å². The molecule has 0 bridgehead atoms. The van der Waals surface area contributed by atoms with Crippen molar-refractivity contribution in [3.8, 4) is 0 Å². The topological polar surface area (TPSA) is 87.3 Å². The highest BCUT2D eigenvalue weighted by molar-refractivity contribution is 5.78. The lowest BCUT2D eigenvalue weighted by Gasteiger charge is -2.06. The van der Waals surface area contributed by atoms with E-state index in [0.29, 0.717) is 0 Å². The Balaban J connectivity index is -0.000000166. The highest BCUT2D eigenvalue weighted by Crippen LogP contribution is 2.08. The lowest BCUT2D eigenvalue weighted by molar-refractivity contribution is -0.124. The Labute approximate surface area is 309 Å². The number of amides is 3. The van der Waals surface area contributed by atoms with E-state index in [4.69, 9.17) is 0 Å². The molecule has 0 aromatic heterocycles. The molecular formula is C43H93N3O3. The van der Waals surface area contributed by atoms with Gasteiger partial charge in [0.25, 0.3) is 0 Å². The van der Waals surface area contributed by atoms with E-state index >= 15 is 0 Å². The second kappa shape index (κ2) is 46.4. The van der Waals surface area contributed by atoms with Gasteiger partial charge in [-0.1, -0.05) is 194 Å². The predicted octanol–water partition coefficient (Wildman–Crippen LogP) is 12.3. The normalized spacial score (nSPS) is 10.3. The van der Waals surface area contributed by atoms with Crippen molar-refractivity contribution in [2.75, 3.05) is 19.6 Å². The molecule has 3 amide bonds. The molecule has 6 nitrogen and oxygen atoms in total. The van der Waals surface area contributed by atoms with E-state index in [1.165, 1.54) is 83.5 Å². The molecular weight excluding hydrogens is 606 g/mol. The van der Waals surface area contributed by atoms with E-state index in [1.54, 1.807) is 0 Å². The second-order valence-electron chi connectivity index (χ2n) is 15.2. The molecule has 0 rings (SSSR count). The molecule has 0 aliphatic carbocycles. The molecule has 0 fully saturated rings. The van der Waals surface area contributed by atoms with E-state index in [-0.39, 0.29) is 35.5 Å². The van der Waals surface area contributed by atoms with Gasteiger partial charge < -0.3 is 16.0 Å². The largest absolute Gasteiger partial charge is 0.356 e. The Bertz CT molecular complexity index is 661. The maximum Gasteiger partial charge on any atom is 0.222 e. The molecule has 0 spiro atoms. The van der Waals surface area contributed by atoms with Crippen LogP contribution in [0.3, 0.4) is 0 Å². The van der Waals surface area contributed by atoms with Crippen molar-refractivity contribution in [3.05, 3.63) is 0 Å². The lowest BCUT2D eigenvalue weighted by Crippen LogP contribution is -2.28. The third-order valence-electron chi connectivity index (χ3n) is 7.58. The Morgan fingerprint density at radius 1 is 0.347 bits per heavy atom. The van der Waals surface area contributed by atoms with E-state index in [2.05, 4.69) is 78.3 Å². The minimum atomic E-state index is 0.121. The molecule has 0 aliphatic rings. The SMILES string of the molecule is CCCCC(C)C.CCCCCCC(C)C.CCCCCCNC(=O)C(C)C.CCCCCNC(=O)C(C)C.CCCCNC(=O)C(C)C. The average molecular weight is 700 g/mol. The lowest BCUT2D eigenvalue weighted by atomic mass is 10.1. The van der Waals surface area contributed by atoms with Gasteiger partial charge in [0.1, 0.15) is 0 Å². The van der Waals surface area contributed by atoms with Crippen molar-refractivity contribution >= 4 is 17.7 Å². The monoisotopic (exact) mass is 700 g/mol. The van der Waals surface area contributed by atoms with Gasteiger partial charge >= 0.3 is 0 Å². The van der Waals surface area contributed by atoms with Gasteiger partial charge in [-0.2, -0.15) is 0 Å². The van der Waals surface area contributed by atoms with Gasteiger partial charge in [0.15, 0.2) is 0 Å². The van der Waals surface area contributed by atoms with Crippen molar-refractivity contribution in [2.24, 2.45) is 29.6 Å². The van der Waals surface area contributed by atoms with Gasteiger partial charge in [0.2, 0.25) is 17.7 Å². The standard InChI is InChI=1S/C10H21NO.C9H19NO.C9H20.C8H17NO.C7H16/c1-4-5-6-7-8-11-10(12)9(2)3;1-4-5-6-7-10-9(11)8(2)3;1-4-5-6-7-8-9(2)3;1-4-5-6-9-8(10)7(2)3;1-4-5-6-7(2)3/h9H,4-8H2,1-3H3,(H,11,12);8H,4-7H2,1-3H3,(H,10,11);9H,4-8H2,1-3H3;7H,4-6H2,1-3H3,(H,9,10);7H,4-6H2,1-3H3. The maximum absolute atomic E-state index is 11.1. The summed E-state index contributed by atoms with van der Waals surface area (Å²) in [6.07, 6.45) is 21.8. The molecule has 0 aromatic rings. The summed E-state index contributed by atoms with van der Waals surface area (Å²) in [5, 5.41) is 8.62. The van der Waals surface area contributed by atoms with E-state index < -0.39 is 0 Å². The number of hydrogen-bond acceptors (Lipinski definition) is 3. The predicted molar refractivity (Wildman–Crippen MR) is 220 cm³/mol. The third-order valence-corrected chi connectivity index (χ3v) is 7.58. The number of rotatable bonds is 23. The highest BCUT2D eigenvalue weighted by Gasteiger charge is 2.05. The first-order valence-corrected chi connectivity index (χ1v) is 20.9. The molecule has 0 heterocycles. The van der Waals surface area contributed by atoms with Gasteiger partial charge in [-0.25, -0.2) is 0 Å². The Morgan fingerprint density at radius 3 is 0.898 bits per heavy atom. The van der Waals surface area contributed by atoms with Crippen LogP contribution in [0.15, 0.2) is 0 Å². The third kappa shape index (κ3) is 62.0. The minimum absolute atomic E-state index is 0.121. The molecule has 3 N–H and O–H groups in total. The van der Waals surface area contributed by atoms with Crippen LogP contribution in [0.4, 0.5) is 0 Å². The van der Waals surface area contributed by atoms with Crippen molar-refractivity contribution < 1.29 is 14.4 Å². The van der Waals surface area contributed by atoms with Crippen LogP contribution in [0, 0.1) is 29.6 Å². The fourth-order valence-corrected chi connectivity index (χ4v) is 3.94.